The van der Waals surface area contributed by atoms with E-state index in [9.17, 15) is 4.79 Å². The second-order valence-corrected chi connectivity index (χ2v) is 5.80. The number of hydrogen-bond acceptors (Lipinski definition) is 2. The summed E-state index contributed by atoms with van der Waals surface area (Å²) in [5, 5.41) is 6.97. The van der Waals surface area contributed by atoms with Crippen LogP contribution in [0.5, 0.6) is 0 Å². The van der Waals surface area contributed by atoms with E-state index in [0.717, 1.165) is 37.5 Å². The van der Waals surface area contributed by atoms with E-state index in [2.05, 4.69) is 16.7 Å². The van der Waals surface area contributed by atoms with Crippen LogP contribution in [0, 0.1) is 5.92 Å². The molecule has 3 rings (SSSR count). The first-order chi connectivity index (χ1) is 8.70. The van der Waals surface area contributed by atoms with Crippen LogP contribution in [0.3, 0.4) is 0 Å². The van der Waals surface area contributed by atoms with E-state index in [-0.39, 0.29) is 29.6 Å². The summed E-state index contributed by atoms with van der Waals surface area (Å²) in [6.45, 7) is 2.37. The first kappa shape index (κ1) is 14.6. The van der Waals surface area contributed by atoms with Gasteiger partial charge in [-0.05, 0) is 30.5 Å². The molecular formula is C14H18Cl2N2O. The number of rotatable bonds is 4. The minimum absolute atomic E-state index is 0. The molecule has 2 fully saturated rings. The van der Waals surface area contributed by atoms with Crippen LogP contribution < -0.4 is 10.6 Å². The minimum atomic E-state index is 0. The van der Waals surface area contributed by atoms with E-state index in [4.69, 9.17) is 11.6 Å². The third-order valence-electron chi connectivity index (χ3n) is 4.04. The Kier molecular flexibility index (Phi) is 4.39. The Bertz CT molecular complexity index is 470. The van der Waals surface area contributed by atoms with Gasteiger partial charge >= 0.3 is 0 Å². The Hall–Kier alpha value is -0.770. The number of hydrogen-bond donors (Lipinski definition) is 2. The van der Waals surface area contributed by atoms with E-state index < -0.39 is 0 Å². The molecule has 5 heteroatoms. The summed E-state index contributed by atoms with van der Waals surface area (Å²) in [6, 6.07) is 8.00. The van der Waals surface area contributed by atoms with Crippen molar-refractivity contribution < 1.29 is 4.79 Å². The van der Waals surface area contributed by atoms with Crippen LogP contribution in [-0.2, 0) is 10.2 Å². The number of carbonyl (C=O) groups excluding carboxylic acids is 1. The van der Waals surface area contributed by atoms with Gasteiger partial charge in [-0.3, -0.25) is 4.79 Å². The number of nitrogens with one attached hydrogen (secondary N) is 2. The van der Waals surface area contributed by atoms with Crippen LogP contribution in [0.4, 0.5) is 0 Å². The van der Waals surface area contributed by atoms with Crippen molar-refractivity contribution in [3.05, 3.63) is 34.9 Å². The Morgan fingerprint density at radius 1 is 1.42 bits per heavy atom. The van der Waals surface area contributed by atoms with Gasteiger partial charge in [0.05, 0.1) is 5.92 Å². The van der Waals surface area contributed by atoms with Crippen molar-refractivity contribution in [3.63, 3.8) is 0 Å². The molecule has 1 aromatic rings. The average Bonchev–Trinajstić information content (AvgIpc) is 3.05. The zero-order valence-electron chi connectivity index (χ0n) is 10.6. The quantitative estimate of drug-likeness (QED) is 0.894. The largest absolute Gasteiger partial charge is 0.355 e. The zero-order chi connectivity index (χ0) is 12.6. The monoisotopic (exact) mass is 300 g/mol. The molecule has 104 valence electrons. The van der Waals surface area contributed by atoms with Gasteiger partial charge in [-0.15, -0.1) is 12.4 Å². The van der Waals surface area contributed by atoms with Gasteiger partial charge in [0.25, 0.3) is 0 Å². The lowest BCUT2D eigenvalue weighted by atomic mass is 9.95. The fourth-order valence-electron chi connectivity index (χ4n) is 2.41. The normalized spacial score (nSPS) is 20.1. The van der Waals surface area contributed by atoms with Gasteiger partial charge < -0.3 is 10.6 Å². The fraction of sp³-hybridized carbons (Fsp3) is 0.500. The van der Waals surface area contributed by atoms with Crippen LogP contribution in [0.1, 0.15) is 18.4 Å². The Morgan fingerprint density at radius 2 is 2.16 bits per heavy atom. The maximum atomic E-state index is 11.8. The van der Waals surface area contributed by atoms with E-state index >= 15 is 0 Å². The fourth-order valence-corrected chi connectivity index (χ4v) is 2.60. The standard InChI is InChI=1S/C14H17ClN2O.ClH/c15-12-3-1-2-11(6-12)14(4-5-14)9-17-13(18)10-7-16-8-10;/h1-3,6,10,16H,4-5,7-9H2,(H,17,18);1H. The van der Waals surface area contributed by atoms with Gasteiger partial charge in [0.15, 0.2) is 0 Å². The maximum Gasteiger partial charge on any atom is 0.225 e. The number of benzene rings is 1. The number of carbonyl (C=O) groups is 1. The van der Waals surface area contributed by atoms with Crippen LogP contribution in [-0.4, -0.2) is 25.5 Å². The van der Waals surface area contributed by atoms with Crippen molar-refractivity contribution in [1.82, 2.24) is 10.6 Å². The lowest BCUT2D eigenvalue weighted by Crippen LogP contribution is -2.51. The summed E-state index contributed by atoms with van der Waals surface area (Å²) in [5.74, 6) is 0.349. The summed E-state index contributed by atoms with van der Waals surface area (Å²) in [4.78, 5) is 11.8. The van der Waals surface area contributed by atoms with Crippen molar-refractivity contribution >= 4 is 29.9 Å². The maximum absolute atomic E-state index is 11.8. The van der Waals surface area contributed by atoms with E-state index in [1.54, 1.807) is 0 Å². The van der Waals surface area contributed by atoms with Crippen LogP contribution >= 0.6 is 24.0 Å². The highest BCUT2D eigenvalue weighted by Crippen LogP contribution is 2.48. The molecule has 3 nitrogen and oxygen atoms in total. The van der Waals surface area contributed by atoms with Gasteiger partial charge in [-0.1, -0.05) is 23.7 Å². The minimum Gasteiger partial charge on any atom is -0.355 e. The molecule has 0 bridgehead atoms. The van der Waals surface area contributed by atoms with E-state index in [0.29, 0.717) is 0 Å². The smallest absolute Gasteiger partial charge is 0.225 e. The lowest BCUT2D eigenvalue weighted by molar-refractivity contribution is -0.126. The molecule has 19 heavy (non-hydrogen) atoms. The van der Waals surface area contributed by atoms with Crippen molar-refractivity contribution in [3.8, 4) is 0 Å². The van der Waals surface area contributed by atoms with E-state index in [1.807, 2.05) is 18.2 Å². The molecule has 0 unspecified atom stereocenters. The summed E-state index contributed by atoms with van der Waals surface area (Å²) in [5.41, 5.74) is 1.39. The third kappa shape index (κ3) is 3.04. The average molecular weight is 301 g/mol. The molecule has 0 spiro atoms. The highest BCUT2D eigenvalue weighted by atomic mass is 35.5. The number of halogens is 2. The molecule has 1 aliphatic carbocycles. The second-order valence-electron chi connectivity index (χ2n) is 5.36. The van der Waals surface area contributed by atoms with Crippen LogP contribution in [0.15, 0.2) is 24.3 Å². The number of amides is 1. The van der Waals surface area contributed by atoms with Crippen molar-refractivity contribution in [1.29, 1.82) is 0 Å². The van der Waals surface area contributed by atoms with Gasteiger partial charge in [0.1, 0.15) is 0 Å². The molecule has 2 aliphatic rings. The predicted octanol–water partition coefficient (Wildman–Crippen LogP) is 2.13. The van der Waals surface area contributed by atoms with Crippen molar-refractivity contribution in [2.45, 2.75) is 18.3 Å². The first-order valence-electron chi connectivity index (χ1n) is 6.44. The van der Waals surface area contributed by atoms with Crippen LogP contribution in [0.2, 0.25) is 5.02 Å². The Balaban J connectivity index is 0.00000133. The molecule has 0 aromatic heterocycles. The molecule has 1 aliphatic heterocycles. The molecule has 1 heterocycles. The summed E-state index contributed by atoms with van der Waals surface area (Å²) in [7, 11) is 0. The van der Waals surface area contributed by atoms with Crippen molar-refractivity contribution in [2.24, 2.45) is 5.92 Å². The molecule has 0 radical (unpaired) electrons. The second kappa shape index (κ2) is 5.70. The lowest BCUT2D eigenvalue weighted by Gasteiger charge is -2.27. The van der Waals surface area contributed by atoms with Crippen molar-refractivity contribution in [2.75, 3.05) is 19.6 Å². The molecule has 1 aromatic carbocycles. The summed E-state index contributed by atoms with van der Waals surface area (Å²) >= 11 is 6.03. The van der Waals surface area contributed by atoms with Crippen LogP contribution in [0.25, 0.3) is 0 Å². The van der Waals surface area contributed by atoms with Gasteiger partial charge in [-0.2, -0.15) is 0 Å². The molecule has 1 saturated heterocycles. The first-order valence-corrected chi connectivity index (χ1v) is 6.82. The Labute approximate surface area is 124 Å². The third-order valence-corrected chi connectivity index (χ3v) is 4.28. The zero-order valence-corrected chi connectivity index (χ0v) is 12.2. The molecule has 1 amide bonds. The highest BCUT2D eigenvalue weighted by molar-refractivity contribution is 6.30. The Morgan fingerprint density at radius 3 is 2.68 bits per heavy atom. The molecule has 0 atom stereocenters. The summed E-state index contributed by atoms with van der Waals surface area (Å²) < 4.78 is 0. The SMILES string of the molecule is Cl.O=C(NCC1(c2cccc(Cl)c2)CC1)C1CNC1. The molecule has 2 N–H and O–H groups in total. The summed E-state index contributed by atoms with van der Waals surface area (Å²) in [6.07, 6.45) is 2.27. The van der Waals surface area contributed by atoms with E-state index in [1.165, 1.54) is 5.56 Å². The van der Waals surface area contributed by atoms with Gasteiger partial charge in [-0.25, -0.2) is 0 Å². The predicted molar refractivity (Wildman–Crippen MR) is 79.0 cm³/mol. The van der Waals surface area contributed by atoms with Gasteiger partial charge in [0, 0.05) is 30.1 Å². The molecular weight excluding hydrogens is 283 g/mol. The molecule has 1 saturated carbocycles. The van der Waals surface area contributed by atoms with Gasteiger partial charge in [0.2, 0.25) is 5.91 Å². The highest BCUT2D eigenvalue weighted by Gasteiger charge is 2.44. The topological polar surface area (TPSA) is 41.1 Å².